The zero-order valence-electron chi connectivity index (χ0n) is 13.7. The number of hydrogen-bond acceptors (Lipinski definition) is 2. The Morgan fingerprint density at radius 1 is 1.10 bits per heavy atom. The van der Waals surface area contributed by atoms with Gasteiger partial charge in [0.2, 0.25) is 0 Å². The summed E-state index contributed by atoms with van der Waals surface area (Å²) < 4.78 is 0. The molecule has 0 bridgehead atoms. The van der Waals surface area contributed by atoms with Crippen molar-refractivity contribution in [1.82, 2.24) is 5.32 Å². The molecule has 2 N–H and O–H groups in total. The van der Waals surface area contributed by atoms with E-state index in [2.05, 4.69) is 32.2 Å². The van der Waals surface area contributed by atoms with Gasteiger partial charge in [0.05, 0.1) is 0 Å². The quantitative estimate of drug-likeness (QED) is 0.847. The topological polar surface area (TPSA) is 32.3 Å². The number of benzene rings is 1. The molecule has 2 nitrogen and oxygen atoms in total. The maximum absolute atomic E-state index is 10.3. The lowest BCUT2D eigenvalue weighted by molar-refractivity contribution is 0.272. The Morgan fingerprint density at radius 2 is 1.81 bits per heavy atom. The Bertz CT molecular complexity index is 503. The molecule has 0 radical (unpaired) electrons. The SMILES string of the molecule is Cc1ccc(O)c2c1C(C)CC2NCC1CCC(C)CC1. The first-order valence-corrected chi connectivity index (χ1v) is 8.62. The van der Waals surface area contributed by atoms with Crippen LogP contribution >= 0.6 is 0 Å². The van der Waals surface area contributed by atoms with Gasteiger partial charge >= 0.3 is 0 Å². The average molecular weight is 287 g/mol. The minimum absolute atomic E-state index is 0.342. The number of aryl methyl sites for hydroxylation is 1. The van der Waals surface area contributed by atoms with Crippen LogP contribution in [0.3, 0.4) is 0 Å². The van der Waals surface area contributed by atoms with E-state index in [1.54, 1.807) is 0 Å². The highest BCUT2D eigenvalue weighted by atomic mass is 16.3. The fraction of sp³-hybridized carbons (Fsp3) is 0.684. The first-order valence-electron chi connectivity index (χ1n) is 8.62. The van der Waals surface area contributed by atoms with Gasteiger partial charge in [0.25, 0.3) is 0 Å². The highest BCUT2D eigenvalue weighted by Gasteiger charge is 2.32. The number of hydrogen-bond donors (Lipinski definition) is 2. The number of phenols is 1. The minimum Gasteiger partial charge on any atom is -0.508 e. The molecule has 0 spiro atoms. The lowest BCUT2D eigenvalue weighted by Gasteiger charge is -2.28. The molecule has 0 aliphatic heterocycles. The third-order valence-corrected chi connectivity index (χ3v) is 5.70. The van der Waals surface area contributed by atoms with E-state index in [1.807, 2.05) is 6.07 Å². The highest BCUT2D eigenvalue weighted by Crippen LogP contribution is 2.46. The van der Waals surface area contributed by atoms with E-state index in [0.717, 1.165) is 24.8 Å². The predicted molar refractivity (Wildman–Crippen MR) is 87.7 cm³/mol. The molecule has 0 saturated heterocycles. The molecule has 0 aromatic heterocycles. The lowest BCUT2D eigenvalue weighted by Crippen LogP contribution is -2.28. The molecule has 1 saturated carbocycles. The van der Waals surface area contributed by atoms with E-state index < -0.39 is 0 Å². The molecule has 1 aromatic rings. The van der Waals surface area contributed by atoms with Crippen molar-refractivity contribution in [3.8, 4) is 5.75 Å². The molecule has 2 atom stereocenters. The number of rotatable bonds is 3. The van der Waals surface area contributed by atoms with Gasteiger partial charge in [-0.05, 0) is 67.7 Å². The Hall–Kier alpha value is -1.02. The number of phenolic OH excluding ortho intramolecular Hbond substituents is 1. The van der Waals surface area contributed by atoms with Crippen LogP contribution in [0.25, 0.3) is 0 Å². The van der Waals surface area contributed by atoms with Crippen LogP contribution < -0.4 is 5.32 Å². The molecule has 2 aliphatic rings. The molecular weight excluding hydrogens is 258 g/mol. The van der Waals surface area contributed by atoms with Crippen molar-refractivity contribution < 1.29 is 5.11 Å². The molecule has 0 amide bonds. The van der Waals surface area contributed by atoms with Crippen LogP contribution in [0.2, 0.25) is 0 Å². The van der Waals surface area contributed by atoms with Gasteiger partial charge in [0.1, 0.15) is 5.75 Å². The van der Waals surface area contributed by atoms with Gasteiger partial charge in [-0.25, -0.2) is 0 Å². The zero-order valence-corrected chi connectivity index (χ0v) is 13.7. The molecule has 116 valence electrons. The zero-order chi connectivity index (χ0) is 15.0. The number of aromatic hydroxyl groups is 1. The third-order valence-electron chi connectivity index (χ3n) is 5.70. The largest absolute Gasteiger partial charge is 0.508 e. The van der Waals surface area contributed by atoms with Crippen LogP contribution in [0.5, 0.6) is 5.75 Å². The van der Waals surface area contributed by atoms with Crippen molar-refractivity contribution in [1.29, 1.82) is 0 Å². The third kappa shape index (κ3) is 2.96. The van der Waals surface area contributed by atoms with Crippen molar-refractivity contribution in [3.05, 3.63) is 28.8 Å². The second kappa shape index (κ2) is 6.00. The van der Waals surface area contributed by atoms with Gasteiger partial charge in [-0.15, -0.1) is 0 Å². The van der Waals surface area contributed by atoms with Crippen molar-refractivity contribution >= 4 is 0 Å². The normalized spacial score (nSPS) is 32.1. The molecule has 2 aliphatic carbocycles. The summed E-state index contributed by atoms with van der Waals surface area (Å²) in [6.45, 7) is 7.94. The summed E-state index contributed by atoms with van der Waals surface area (Å²) in [6.07, 6.45) is 6.62. The number of nitrogens with one attached hydrogen (secondary N) is 1. The second-order valence-electron chi connectivity index (χ2n) is 7.45. The molecule has 2 unspecified atom stereocenters. The Labute approximate surface area is 129 Å². The van der Waals surface area contributed by atoms with E-state index in [4.69, 9.17) is 0 Å². The summed E-state index contributed by atoms with van der Waals surface area (Å²) in [5.74, 6) is 2.78. The first kappa shape index (κ1) is 14.9. The van der Waals surface area contributed by atoms with E-state index in [-0.39, 0.29) is 0 Å². The van der Waals surface area contributed by atoms with Crippen LogP contribution in [-0.2, 0) is 0 Å². The molecule has 2 heteroatoms. The molecule has 1 aromatic carbocycles. The van der Waals surface area contributed by atoms with Crippen LogP contribution in [-0.4, -0.2) is 11.7 Å². The first-order chi connectivity index (χ1) is 10.1. The lowest BCUT2D eigenvalue weighted by atomic mass is 9.83. The number of fused-ring (bicyclic) bond motifs is 1. The summed E-state index contributed by atoms with van der Waals surface area (Å²) >= 11 is 0. The molecule has 21 heavy (non-hydrogen) atoms. The standard InChI is InChI=1S/C19H29NO/c1-12-4-7-15(8-5-12)11-20-16-10-14(3)18-13(2)6-9-17(21)19(16)18/h6,9,12,14-16,20-21H,4-5,7-8,10-11H2,1-3H3. The fourth-order valence-corrected chi connectivity index (χ4v) is 4.37. The molecular formula is C19H29NO. The summed E-state index contributed by atoms with van der Waals surface area (Å²) in [5, 5.41) is 14.0. The van der Waals surface area contributed by atoms with Crippen LogP contribution in [0, 0.1) is 18.8 Å². The molecule has 0 heterocycles. The monoisotopic (exact) mass is 287 g/mol. The van der Waals surface area contributed by atoms with Crippen molar-refractivity contribution in [2.75, 3.05) is 6.54 Å². The summed E-state index contributed by atoms with van der Waals surface area (Å²) in [5.41, 5.74) is 3.88. The highest BCUT2D eigenvalue weighted by molar-refractivity contribution is 5.50. The Balaban J connectivity index is 1.68. The maximum atomic E-state index is 10.3. The summed E-state index contributed by atoms with van der Waals surface area (Å²) in [7, 11) is 0. The van der Waals surface area contributed by atoms with Crippen LogP contribution in [0.4, 0.5) is 0 Å². The van der Waals surface area contributed by atoms with Crippen molar-refractivity contribution in [2.24, 2.45) is 11.8 Å². The van der Waals surface area contributed by atoms with Gasteiger partial charge in [-0.3, -0.25) is 0 Å². The van der Waals surface area contributed by atoms with Gasteiger partial charge < -0.3 is 10.4 Å². The van der Waals surface area contributed by atoms with E-state index >= 15 is 0 Å². The van der Waals surface area contributed by atoms with Crippen molar-refractivity contribution in [2.45, 2.75) is 64.8 Å². The van der Waals surface area contributed by atoms with E-state index in [9.17, 15) is 5.11 Å². The average Bonchev–Trinajstić information content (AvgIpc) is 2.80. The Kier molecular flexibility index (Phi) is 4.26. The maximum Gasteiger partial charge on any atom is 0.120 e. The van der Waals surface area contributed by atoms with Gasteiger partial charge in [-0.1, -0.05) is 32.8 Å². The summed E-state index contributed by atoms with van der Waals surface area (Å²) in [6, 6.07) is 4.26. The minimum atomic E-state index is 0.342. The second-order valence-corrected chi connectivity index (χ2v) is 7.45. The van der Waals surface area contributed by atoms with E-state index in [1.165, 1.54) is 42.4 Å². The summed E-state index contributed by atoms with van der Waals surface area (Å²) in [4.78, 5) is 0. The Morgan fingerprint density at radius 3 is 2.52 bits per heavy atom. The van der Waals surface area contributed by atoms with Gasteiger partial charge in [0.15, 0.2) is 0 Å². The van der Waals surface area contributed by atoms with Crippen LogP contribution in [0.15, 0.2) is 12.1 Å². The predicted octanol–water partition coefficient (Wildman–Crippen LogP) is 4.66. The van der Waals surface area contributed by atoms with Gasteiger partial charge in [-0.2, -0.15) is 0 Å². The smallest absolute Gasteiger partial charge is 0.120 e. The van der Waals surface area contributed by atoms with Crippen molar-refractivity contribution in [3.63, 3.8) is 0 Å². The van der Waals surface area contributed by atoms with Crippen LogP contribution in [0.1, 0.15) is 74.6 Å². The molecule has 1 fully saturated rings. The molecule has 3 rings (SSSR count). The van der Waals surface area contributed by atoms with Gasteiger partial charge in [0, 0.05) is 11.6 Å². The fourth-order valence-electron chi connectivity index (χ4n) is 4.37. The van der Waals surface area contributed by atoms with E-state index in [0.29, 0.717) is 17.7 Å².